The lowest BCUT2D eigenvalue weighted by Gasteiger charge is -2.08. The van der Waals surface area contributed by atoms with E-state index in [2.05, 4.69) is 5.10 Å². The van der Waals surface area contributed by atoms with Gasteiger partial charge in [-0.25, -0.2) is 4.79 Å². The fraction of sp³-hybridized carbons (Fsp3) is 0.300. The molecule has 0 aliphatic rings. The third-order valence-electron chi connectivity index (χ3n) is 2.44. The van der Waals surface area contributed by atoms with Crippen LogP contribution < -0.4 is 11.2 Å². The number of alkyl halides is 3. The van der Waals surface area contributed by atoms with Crippen molar-refractivity contribution in [2.75, 3.05) is 0 Å². The molecule has 0 radical (unpaired) electrons. The van der Waals surface area contributed by atoms with Crippen LogP contribution in [0.2, 0.25) is 0 Å². The molecule has 6 nitrogen and oxygen atoms in total. The minimum Gasteiger partial charge on any atom is -0.303 e. The van der Waals surface area contributed by atoms with E-state index < -0.39 is 23.1 Å². The normalized spacial score (nSPS) is 11.7. The molecule has 2 rings (SSSR count). The van der Waals surface area contributed by atoms with Gasteiger partial charge in [0.1, 0.15) is 5.69 Å². The average molecular weight is 274 g/mol. The summed E-state index contributed by atoms with van der Waals surface area (Å²) >= 11 is 0. The van der Waals surface area contributed by atoms with Gasteiger partial charge in [-0.2, -0.15) is 18.3 Å². The molecule has 0 amide bonds. The van der Waals surface area contributed by atoms with Crippen molar-refractivity contribution in [3.8, 4) is 0 Å². The van der Waals surface area contributed by atoms with E-state index in [1.165, 1.54) is 10.9 Å². The number of hydrogen-bond donors (Lipinski definition) is 1. The number of aromatic nitrogens is 4. The summed E-state index contributed by atoms with van der Waals surface area (Å²) in [5, 5.41) is 3.86. The van der Waals surface area contributed by atoms with Crippen LogP contribution in [0, 0.1) is 0 Å². The minimum atomic E-state index is -4.75. The fourth-order valence-corrected chi connectivity index (χ4v) is 1.52. The van der Waals surface area contributed by atoms with Crippen molar-refractivity contribution in [3.63, 3.8) is 0 Å². The van der Waals surface area contributed by atoms with Crippen LogP contribution in [-0.4, -0.2) is 19.3 Å². The summed E-state index contributed by atoms with van der Waals surface area (Å²) in [6.45, 7) is 0.148. The van der Waals surface area contributed by atoms with Gasteiger partial charge in [0, 0.05) is 18.5 Å². The second-order valence-corrected chi connectivity index (χ2v) is 3.74. The van der Waals surface area contributed by atoms with E-state index in [4.69, 9.17) is 0 Å². The molecule has 0 bridgehead atoms. The van der Waals surface area contributed by atoms with Crippen LogP contribution in [0.4, 0.5) is 13.2 Å². The molecule has 9 heteroatoms. The predicted molar refractivity (Wildman–Crippen MR) is 58.6 cm³/mol. The smallest absolute Gasteiger partial charge is 0.303 e. The Morgan fingerprint density at radius 2 is 2.00 bits per heavy atom. The van der Waals surface area contributed by atoms with Crippen LogP contribution in [0.3, 0.4) is 0 Å². The van der Waals surface area contributed by atoms with Crippen LogP contribution in [0.1, 0.15) is 5.69 Å². The largest absolute Gasteiger partial charge is 0.431 e. The zero-order chi connectivity index (χ0) is 14.0. The highest BCUT2D eigenvalue weighted by molar-refractivity contribution is 5.03. The molecular weight excluding hydrogens is 265 g/mol. The Bertz CT molecular complexity index is 638. The number of rotatable bonds is 3. The van der Waals surface area contributed by atoms with E-state index in [9.17, 15) is 22.8 Å². The van der Waals surface area contributed by atoms with Crippen molar-refractivity contribution in [2.24, 2.45) is 0 Å². The quantitative estimate of drug-likeness (QED) is 0.883. The van der Waals surface area contributed by atoms with E-state index in [1.807, 2.05) is 0 Å². The van der Waals surface area contributed by atoms with E-state index in [0.29, 0.717) is 10.6 Å². The van der Waals surface area contributed by atoms with Crippen LogP contribution >= 0.6 is 0 Å². The molecular formula is C10H9F3N4O2. The van der Waals surface area contributed by atoms with Crippen molar-refractivity contribution < 1.29 is 13.2 Å². The summed E-state index contributed by atoms with van der Waals surface area (Å²) in [4.78, 5) is 24.6. The molecule has 2 heterocycles. The summed E-state index contributed by atoms with van der Waals surface area (Å²) in [7, 11) is 0. The molecule has 0 aliphatic heterocycles. The van der Waals surface area contributed by atoms with E-state index in [0.717, 1.165) is 0 Å². The molecule has 0 aliphatic carbocycles. The fourth-order valence-electron chi connectivity index (χ4n) is 1.52. The molecule has 0 saturated carbocycles. The monoisotopic (exact) mass is 274 g/mol. The lowest BCUT2D eigenvalue weighted by atomic mass is 10.4. The van der Waals surface area contributed by atoms with Gasteiger partial charge in [0.05, 0.1) is 13.1 Å². The standard InChI is InChI=1S/C10H9F3N4O2/c11-10(12,13)7-6-8(18)17(9(19)15-7)5-4-16-3-1-2-14-16/h1-3,6H,4-5H2,(H,15,19). The van der Waals surface area contributed by atoms with Crippen molar-refractivity contribution >= 4 is 0 Å². The number of aromatic amines is 1. The third-order valence-corrected chi connectivity index (χ3v) is 2.44. The molecule has 102 valence electrons. The molecule has 0 saturated heterocycles. The lowest BCUT2D eigenvalue weighted by Crippen LogP contribution is -2.38. The Kier molecular flexibility index (Phi) is 3.28. The molecule has 0 aromatic carbocycles. The minimum absolute atomic E-state index is 0.0615. The summed E-state index contributed by atoms with van der Waals surface area (Å²) in [6.07, 6.45) is -1.62. The third kappa shape index (κ3) is 2.92. The number of nitrogens with one attached hydrogen (secondary N) is 1. The zero-order valence-corrected chi connectivity index (χ0v) is 9.52. The van der Waals surface area contributed by atoms with Crippen LogP contribution in [0.5, 0.6) is 0 Å². The first kappa shape index (κ1) is 13.1. The molecule has 19 heavy (non-hydrogen) atoms. The maximum atomic E-state index is 12.4. The summed E-state index contributed by atoms with van der Waals surface area (Å²) < 4.78 is 39.2. The molecule has 2 aromatic rings. The number of hydrogen-bond acceptors (Lipinski definition) is 3. The second kappa shape index (κ2) is 4.75. The van der Waals surface area contributed by atoms with Gasteiger partial charge in [-0.05, 0) is 6.07 Å². The summed E-state index contributed by atoms with van der Waals surface area (Å²) in [5.41, 5.74) is -3.44. The second-order valence-electron chi connectivity index (χ2n) is 3.74. The van der Waals surface area contributed by atoms with Crippen molar-refractivity contribution in [1.29, 1.82) is 0 Å². The Balaban J connectivity index is 2.28. The van der Waals surface area contributed by atoms with Gasteiger partial charge < -0.3 is 4.98 Å². The van der Waals surface area contributed by atoms with Gasteiger partial charge in [0.15, 0.2) is 0 Å². The number of halogens is 3. The van der Waals surface area contributed by atoms with Crippen LogP contribution in [0.25, 0.3) is 0 Å². The molecule has 0 unspecified atom stereocenters. The highest BCUT2D eigenvalue weighted by atomic mass is 19.4. The molecule has 0 atom stereocenters. The van der Waals surface area contributed by atoms with Crippen molar-refractivity contribution in [2.45, 2.75) is 19.3 Å². The van der Waals surface area contributed by atoms with Crippen LogP contribution in [-0.2, 0) is 19.3 Å². The Morgan fingerprint density at radius 3 is 2.53 bits per heavy atom. The number of aryl methyl sites for hydroxylation is 1. The van der Waals surface area contributed by atoms with Gasteiger partial charge in [-0.1, -0.05) is 0 Å². The van der Waals surface area contributed by atoms with Crippen LogP contribution in [0.15, 0.2) is 34.1 Å². The van der Waals surface area contributed by atoms with Gasteiger partial charge in [0.25, 0.3) is 5.56 Å². The SMILES string of the molecule is O=c1cc(C(F)(F)F)[nH]c(=O)n1CCn1cccn1. The van der Waals surface area contributed by atoms with E-state index in [1.54, 1.807) is 17.2 Å². The Hall–Kier alpha value is -2.32. The molecule has 0 spiro atoms. The Labute approximate surface area is 104 Å². The molecule has 0 fully saturated rings. The highest BCUT2D eigenvalue weighted by Crippen LogP contribution is 2.25. The zero-order valence-electron chi connectivity index (χ0n) is 9.52. The van der Waals surface area contributed by atoms with Gasteiger partial charge >= 0.3 is 11.9 Å². The topological polar surface area (TPSA) is 72.7 Å². The molecule has 1 N–H and O–H groups in total. The van der Waals surface area contributed by atoms with Crippen molar-refractivity contribution in [1.82, 2.24) is 19.3 Å². The first-order valence-electron chi connectivity index (χ1n) is 5.27. The number of nitrogens with zero attached hydrogens (tertiary/aromatic N) is 3. The first-order valence-corrected chi connectivity index (χ1v) is 5.27. The molecule has 2 aromatic heterocycles. The van der Waals surface area contributed by atoms with Gasteiger partial charge in [-0.3, -0.25) is 14.0 Å². The van der Waals surface area contributed by atoms with E-state index in [-0.39, 0.29) is 13.1 Å². The maximum absolute atomic E-state index is 12.4. The maximum Gasteiger partial charge on any atom is 0.431 e. The number of H-pyrrole nitrogens is 1. The first-order chi connectivity index (χ1) is 8.88. The summed E-state index contributed by atoms with van der Waals surface area (Å²) in [5.74, 6) is 0. The summed E-state index contributed by atoms with van der Waals surface area (Å²) in [6, 6.07) is 2.02. The van der Waals surface area contributed by atoms with Gasteiger partial charge in [0.2, 0.25) is 0 Å². The van der Waals surface area contributed by atoms with Gasteiger partial charge in [-0.15, -0.1) is 0 Å². The van der Waals surface area contributed by atoms with E-state index >= 15 is 0 Å². The predicted octanol–water partition coefficient (Wildman–Crippen LogP) is 0.452. The Morgan fingerprint density at radius 1 is 1.26 bits per heavy atom. The lowest BCUT2D eigenvalue weighted by molar-refractivity contribution is -0.141. The average Bonchev–Trinajstić information content (AvgIpc) is 2.79. The highest BCUT2D eigenvalue weighted by Gasteiger charge is 2.32. The van der Waals surface area contributed by atoms with Crippen molar-refractivity contribution in [3.05, 3.63) is 51.1 Å².